The maximum atomic E-state index is 4.54. The summed E-state index contributed by atoms with van der Waals surface area (Å²) in [5, 5.41) is 11.9. The molecule has 5 heteroatoms. The molecule has 1 atom stereocenters. The van der Waals surface area contributed by atoms with Crippen LogP contribution in [0.4, 0.5) is 5.95 Å². The Morgan fingerprint density at radius 3 is 2.89 bits per heavy atom. The van der Waals surface area contributed by atoms with Crippen molar-refractivity contribution in [2.75, 3.05) is 25.0 Å². The quantitative estimate of drug-likeness (QED) is 0.878. The number of anilines is 1. The highest BCUT2D eigenvalue weighted by molar-refractivity contribution is 5.74. The van der Waals surface area contributed by atoms with Crippen LogP contribution in [0.5, 0.6) is 0 Å². The summed E-state index contributed by atoms with van der Waals surface area (Å²) in [6.45, 7) is 2.05. The van der Waals surface area contributed by atoms with Crippen molar-refractivity contribution in [3.63, 3.8) is 0 Å². The first-order valence-corrected chi connectivity index (χ1v) is 6.37. The highest BCUT2D eigenvalue weighted by atomic mass is 15.3. The lowest BCUT2D eigenvalue weighted by Crippen LogP contribution is -2.36. The van der Waals surface area contributed by atoms with Crippen LogP contribution in [-0.2, 0) is 0 Å². The fraction of sp³-hybridized carbons (Fsp3) is 0.462. The van der Waals surface area contributed by atoms with E-state index in [0.717, 1.165) is 24.1 Å². The Hall–Kier alpha value is -1.75. The van der Waals surface area contributed by atoms with Gasteiger partial charge in [0.1, 0.15) is 5.52 Å². The number of likely N-dealkylation sites (N-methyl/N-ethyl adjacent to an activating group) is 1. The van der Waals surface area contributed by atoms with Crippen LogP contribution in [0, 0.1) is 0 Å². The van der Waals surface area contributed by atoms with Gasteiger partial charge in [-0.1, -0.05) is 12.1 Å². The molecule has 1 saturated heterocycles. The number of para-hydroxylation sites is 1. The minimum atomic E-state index is 0.546. The largest absolute Gasteiger partial charge is 0.341 e. The van der Waals surface area contributed by atoms with Crippen LogP contribution in [0.3, 0.4) is 0 Å². The zero-order chi connectivity index (χ0) is 12.4. The van der Waals surface area contributed by atoms with Crippen LogP contribution in [0.1, 0.15) is 12.8 Å². The van der Waals surface area contributed by atoms with E-state index in [9.17, 15) is 0 Å². The van der Waals surface area contributed by atoms with Crippen LogP contribution in [0.25, 0.3) is 11.0 Å². The molecule has 0 bridgehead atoms. The molecule has 1 aliphatic rings. The van der Waals surface area contributed by atoms with E-state index in [2.05, 4.69) is 25.4 Å². The van der Waals surface area contributed by atoms with Gasteiger partial charge in [-0.15, -0.1) is 10.2 Å². The normalized spacial score (nSPS) is 19.3. The third-order valence-corrected chi connectivity index (χ3v) is 3.35. The molecule has 0 spiro atoms. The standard InChI is InChI=1S/C13H17N5/c1-18(9-10-5-4-8-14-10)13-15-11-6-2-3-7-12(11)16-17-13/h2-3,6-7,10,14H,4-5,8-9H2,1H3. The average Bonchev–Trinajstić information content (AvgIpc) is 2.91. The van der Waals surface area contributed by atoms with Crippen LogP contribution in [0.15, 0.2) is 24.3 Å². The predicted molar refractivity (Wildman–Crippen MR) is 71.6 cm³/mol. The Morgan fingerprint density at radius 1 is 1.28 bits per heavy atom. The molecule has 18 heavy (non-hydrogen) atoms. The molecule has 2 heterocycles. The number of hydrogen-bond acceptors (Lipinski definition) is 5. The number of nitrogens with zero attached hydrogens (tertiary/aromatic N) is 4. The summed E-state index contributed by atoms with van der Waals surface area (Å²) in [6.07, 6.45) is 2.49. The van der Waals surface area contributed by atoms with Crippen LogP contribution < -0.4 is 10.2 Å². The highest BCUT2D eigenvalue weighted by Crippen LogP contribution is 2.13. The maximum Gasteiger partial charge on any atom is 0.245 e. The number of nitrogens with one attached hydrogen (secondary N) is 1. The van der Waals surface area contributed by atoms with Gasteiger partial charge in [-0.25, -0.2) is 4.98 Å². The number of aromatic nitrogens is 3. The molecular formula is C13H17N5. The zero-order valence-corrected chi connectivity index (χ0v) is 10.5. The Morgan fingerprint density at radius 2 is 2.11 bits per heavy atom. The van der Waals surface area contributed by atoms with Gasteiger partial charge in [0.05, 0.1) is 5.52 Å². The molecule has 2 aromatic rings. The summed E-state index contributed by atoms with van der Waals surface area (Å²) in [7, 11) is 2.02. The lowest BCUT2D eigenvalue weighted by molar-refractivity contribution is 0.593. The SMILES string of the molecule is CN(CC1CCCN1)c1nnc2ccccc2n1. The van der Waals surface area contributed by atoms with Crippen LogP contribution in [0.2, 0.25) is 0 Å². The van der Waals surface area contributed by atoms with E-state index in [1.165, 1.54) is 12.8 Å². The van der Waals surface area contributed by atoms with Crippen molar-refractivity contribution in [2.24, 2.45) is 0 Å². The second kappa shape index (κ2) is 4.86. The van der Waals surface area contributed by atoms with Crippen molar-refractivity contribution >= 4 is 17.0 Å². The molecule has 1 unspecified atom stereocenters. The molecular weight excluding hydrogens is 226 g/mol. The van der Waals surface area contributed by atoms with Crippen LogP contribution in [-0.4, -0.2) is 41.4 Å². The lowest BCUT2D eigenvalue weighted by atomic mass is 10.2. The Balaban J connectivity index is 1.80. The molecule has 5 nitrogen and oxygen atoms in total. The maximum absolute atomic E-state index is 4.54. The summed E-state index contributed by atoms with van der Waals surface area (Å²) in [4.78, 5) is 6.61. The third kappa shape index (κ3) is 2.26. The Bertz CT molecular complexity index is 536. The molecule has 0 radical (unpaired) electrons. The van der Waals surface area contributed by atoms with E-state index in [0.29, 0.717) is 12.0 Å². The van der Waals surface area contributed by atoms with Crippen molar-refractivity contribution in [2.45, 2.75) is 18.9 Å². The van der Waals surface area contributed by atoms with Gasteiger partial charge in [-0.05, 0) is 31.5 Å². The smallest absolute Gasteiger partial charge is 0.245 e. The predicted octanol–water partition coefficient (Wildman–Crippen LogP) is 1.21. The number of rotatable bonds is 3. The summed E-state index contributed by atoms with van der Waals surface area (Å²) in [6, 6.07) is 8.36. The highest BCUT2D eigenvalue weighted by Gasteiger charge is 2.17. The van der Waals surface area contributed by atoms with E-state index < -0.39 is 0 Å². The molecule has 1 aromatic carbocycles. The Labute approximate surface area is 106 Å². The first-order chi connectivity index (χ1) is 8.83. The van der Waals surface area contributed by atoms with Crippen molar-refractivity contribution < 1.29 is 0 Å². The van der Waals surface area contributed by atoms with E-state index >= 15 is 0 Å². The summed E-state index contributed by atoms with van der Waals surface area (Å²) in [5.74, 6) is 0.697. The topological polar surface area (TPSA) is 53.9 Å². The molecule has 1 N–H and O–H groups in total. The number of hydrogen-bond donors (Lipinski definition) is 1. The van der Waals surface area contributed by atoms with E-state index in [1.54, 1.807) is 0 Å². The molecule has 0 aliphatic carbocycles. The second-order valence-corrected chi connectivity index (χ2v) is 4.77. The molecule has 3 rings (SSSR count). The summed E-state index contributed by atoms with van der Waals surface area (Å²) in [5.41, 5.74) is 1.74. The van der Waals surface area contributed by atoms with Gasteiger partial charge in [0.15, 0.2) is 0 Å². The van der Waals surface area contributed by atoms with Gasteiger partial charge in [-0.3, -0.25) is 0 Å². The minimum Gasteiger partial charge on any atom is -0.341 e. The molecule has 0 amide bonds. The zero-order valence-electron chi connectivity index (χ0n) is 10.5. The summed E-state index contributed by atoms with van der Waals surface area (Å²) < 4.78 is 0. The Kier molecular flexibility index (Phi) is 3.06. The molecule has 1 aromatic heterocycles. The molecule has 94 valence electrons. The average molecular weight is 243 g/mol. The first kappa shape index (κ1) is 11.3. The van der Waals surface area contributed by atoms with Crippen molar-refractivity contribution in [1.29, 1.82) is 0 Å². The fourth-order valence-corrected chi connectivity index (χ4v) is 2.36. The van der Waals surface area contributed by atoms with Crippen molar-refractivity contribution in [3.8, 4) is 0 Å². The monoisotopic (exact) mass is 243 g/mol. The van der Waals surface area contributed by atoms with E-state index in [-0.39, 0.29) is 0 Å². The van der Waals surface area contributed by atoms with E-state index in [1.807, 2.05) is 31.3 Å². The van der Waals surface area contributed by atoms with Crippen molar-refractivity contribution in [1.82, 2.24) is 20.5 Å². The van der Waals surface area contributed by atoms with Crippen molar-refractivity contribution in [3.05, 3.63) is 24.3 Å². The van der Waals surface area contributed by atoms with E-state index in [4.69, 9.17) is 0 Å². The fourth-order valence-electron chi connectivity index (χ4n) is 2.36. The number of benzene rings is 1. The van der Waals surface area contributed by atoms with Gasteiger partial charge in [0, 0.05) is 19.6 Å². The third-order valence-electron chi connectivity index (χ3n) is 3.35. The molecule has 1 fully saturated rings. The minimum absolute atomic E-state index is 0.546. The van der Waals surface area contributed by atoms with Gasteiger partial charge in [0.25, 0.3) is 0 Å². The lowest BCUT2D eigenvalue weighted by Gasteiger charge is -2.20. The first-order valence-electron chi connectivity index (χ1n) is 6.37. The van der Waals surface area contributed by atoms with Crippen LogP contribution >= 0.6 is 0 Å². The summed E-state index contributed by atoms with van der Waals surface area (Å²) >= 11 is 0. The number of fused-ring (bicyclic) bond motifs is 1. The second-order valence-electron chi connectivity index (χ2n) is 4.77. The van der Waals surface area contributed by atoms with Gasteiger partial charge in [-0.2, -0.15) is 0 Å². The molecule has 0 saturated carbocycles. The van der Waals surface area contributed by atoms with Gasteiger partial charge < -0.3 is 10.2 Å². The van der Waals surface area contributed by atoms with Gasteiger partial charge in [0.2, 0.25) is 5.95 Å². The van der Waals surface area contributed by atoms with Gasteiger partial charge >= 0.3 is 0 Å². The molecule has 1 aliphatic heterocycles.